The van der Waals surface area contributed by atoms with Crippen LogP contribution in [-0.2, 0) is 9.59 Å². The zero-order valence-electron chi connectivity index (χ0n) is 10.0. The SMILES string of the molecule is NC(=O)CCCCNC(=O)NCC[C@H](O)C(=O)O. The highest BCUT2D eigenvalue weighted by Gasteiger charge is 2.12. The van der Waals surface area contributed by atoms with Crippen molar-refractivity contribution >= 4 is 17.9 Å². The number of hydrogen-bond donors (Lipinski definition) is 5. The number of aliphatic hydroxyl groups excluding tert-OH is 1. The summed E-state index contributed by atoms with van der Waals surface area (Å²) in [5.74, 6) is -1.69. The number of nitrogens with one attached hydrogen (secondary N) is 2. The molecule has 3 amide bonds. The summed E-state index contributed by atoms with van der Waals surface area (Å²) in [6.07, 6.45) is 0.000787. The van der Waals surface area contributed by atoms with Crippen molar-refractivity contribution in [1.29, 1.82) is 0 Å². The average molecular weight is 261 g/mol. The number of rotatable bonds is 9. The van der Waals surface area contributed by atoms with E-state index < -0.39 is 18.1 Å². The number of aliphatic hydroxyl groups is 1. The number of amides is 3. The van der Waals surface area contributed by atoms with Gasteiger partial charge in [-0.25, -0.2) is 9.59 Å². The predicted molar refractivity (Wildman–Crippen MR) is 62.7 cm³/mol. The topological polar surface area (TPSA) is 142 Å². The normalized spacial score (nSPS) is 11.6. The zero-order valence-corrected chi connectivity index (χ0v) is 10.0. The van der Waals surface area contributed by atoms with E-state index in [4.69, 9.17) is 15.9 Å². The maximum Gasteiger partial charge on any atom is 0.332 e. The maximum absolute atomic E-state index is 11.1. The molecule has 0 aliphatic rings. The number of carboxylic acids is 1. The van der Waals surface area contributed by atoms with Crippen LogP contribution in [0.15, 0.2) is 0 Å². The van der Waals surface area contributed by atoms with Crippen LogP contribution < -0.4 is 16.4 Å². The molecule has 1 atom stereocenters. The van der Waals surface area contributed by atoms with Gasteiger partial charge in [0.1, 0.15) is 0 Å². The Labute approximate surface area is 105 Å². The molecule has 0 spiro atoms. The third-order valence-electron chi connectivity index (χ3n) is 2.12. The Bertz CT molecular complexity index is 295. The lowest BCUT2D eigenvalue weighted by Gasteiger charge is -2.08. The Balaban J connectivity index is 3.43. The van der Waals surface area contributed by atoms with Crippen LogP contribution in [0.1, 0.15) is 25.7 Å². The van der Waals surface area contributed by atoms with E-state index in [0.29, 0.717) is 19.4 Å². The molecule has 8 nitrogen and oxygen atoms in total. The molecule has 0 rings (SSSR count). The molecule has 0 fully saturated rings. The molecule has 18 heavy (non-hydrogen) atoms. The van der Waals surface area contributed by atoms with Gasteiger partial charge in [-0.1, -0.05) is 0 Å². The summed E-state index contributed by atoms with van der Waals surface area (Å²) < 4.78 is 0. The summed E-state index contributed by atoms with van der Waals surface area (Å²) in [4.78, 5) is 31.8. The van der Waals surface area contributed by atoms with E-state index in [0.717, 1.165) is 0 Å². The van der Waals surface area contributed by atoms with E-state index in [-0.39, 0.29) is 25.3 Å². The number of hydrogen-bond acceptors (Lipinski definition) is 4. The van der Waals surface area contributed by atoms with Gasteiger partial charge in [0, 0.05) is 25.9 Å². The standard InChI is InChI=1S/C10H19N3O5/c11-8(15)3-1-2-5-12-10(18)13-6-4-7(14)9(16)17/h7,14H,1-6H2,(H2,11,15)(H,16,17)(H2,12,13,18)/t7-/m0/s1. The molecule has 0 radical (unpaired) electrons. The monoisotopic (exact) mass is 261 g/mol. The van der Waals surface area contributed by atoms with Gasteiger partial charge >= 0.3 is 12.0 Å². The molecule has 0 aromatic heterocycles. The molecule has 0 heterocycles. The van der Waals surface area contributed by atoms with Gasteiger partial charge < -0.3 is 26.6 Å². The minimum absolute atomic E-state index is 0.0512. The fourth-order valence-electron chi connectivity index (χ4n) is 1.13. The van der Waals surface area contributed by atoms with Crippen molar-refractivity contribution in [1.82, 2.24) is 10.6 Å². The van der Waals surface area contributed by atoms with Gasteiger partial charge in [-0.2, -0.15) is 0 Å². The van der Waals surface area contributed by atoms with Crippen LogP contribution in [-0.4, -0.2) is 47.3 Å². The first-order valence-electron chi connectivity index (χ1n) is 5.64. The molecule has 0 saturated carbocycles. The average Bonchev–Trinajstić information content (AvgIpc) is 2.27. The van der Waals surface area contributed by atoms with E-state index in [1.165, 1.54) is 0 Å². The number of carbonyl (C=O) groups excluding carboxylic acids is 2. The van der Waals surface area contributed by atoms with Crippen LogP contribution in [0.5, 0.6) is 0 Å². The second-order valence-corrected chi connectivity index (χ2v) is 3.75. The largest absolute Gasteiger partial charge is 0.479 e. The predicted octanol–water partition coefficient (Wildman–Crippen LogP) is -1.22. The summed E-state index contributed by atoms with van der Waals surface area (Å²) in [7, 11) is 0. The Morgan fingerprint density at radius 3 is 2.28 bits per heavy atom. The van der Waals surface area contributed by atoms with E-state index in [1.54, 1.807) is 0 Å². The first-order valence-corrected chi connectivity index (χ1v) is 5.64. The molecular formula is C10H19N3O5. The van der Waals surface area contributed by atoms with E-state index in [2.05, 4.69) is 10.6 Å². The van der Waals surface area contributed by atoms with Gasteiger partial charge in [-0.15, -0.1) is 0 Å². The lowest BCUT2D eigenvalue weighted by Crippen LogP contribution is -2.38. The van der Waals surface area contributed by atoms with Gasteiger partial charge in [0.05, 0.1) is 0 Å². The van der Waals surface area contributed by atoms with Gasteiger partial charge in [-0.05, 0) is 12.8 Å². The number of unbranched alkanes of at least 4 members (excludes halogenated alkanes) is 1. The number of aliphatic carboxylic acids is 1. The van der Waals surface area contributed by atoms with Gasteiger partial charge in [0.25, 0.3) is 0 Å². The Morgan fingerprint density at radius 2 is 1.72 bits per heavy atom. The minimum Gasteiger partial charge on any atom is -0.479 e. The number of nitrogens with two attached hydrogens (primary N) is 1. The van der Waals surface area contributed by atoms with Crippen molar-refractivity contribution in [3.63, 3.8) is 0 Å². The third-order valence-corrected chi connectivity index (χ3v) is 2.12. The lowest BCUT2D eigenvalue weighted by molar-refractivity contribution is -0.146. The van der Waals surface area contributed by atoms with Crippen LogP contribution in [0.4, 0.5) is 4.79 Å². The van der Waals surface area contributed by atoms with Crippen LogP contribution in [0.3, 0.4) is 0 Å². The highest BCUT2D eigenvalue weighted by atomic mass is 16.4. The van der Waals surface area contributed by atoms with Crippen LogP contribution >= 0.6 is 0 Å². The molecule has 8 heteroatoms. The van der Waals surface area contributed by atoms with Crippen LogP contribution in [0, 0.1) is 0 Å². The van der Waals surface area contributed by atoms with Crippen molar-refractivity contribution in [2.75, 3.05) is 13.1 Å². The summed E-state index contributed by atoms with van der Waals surface area (Å²) in [6.45, 7) is 0.473. The van der Waals surface area contributed by atoms with Crippen molar-refractivity contribution in [3.05, 3.63) is 0 Å². The highest BCUT2D eigenvalue weighted by Crippen LogP contribution is 1.92. The Morgan fingerprint density at radius 1 is 1.11 bits per heavy atom. The fraction of sp³-hybridized carbons (Fsp3) is 0.700. The van der Waals surface area contributed by atoms with Gasteiger partial charge in [-0.3, -0.25) is 4.79 Å². The first kappa shape index (κ1) is 16.2. The van der Waals surface area contributed by atoms with E-state index in [1.807, 2.05) is 0 Å². The Kier molecular flexibility index (Phi) is 8.29. The molecule has 0 saturated heterocycles. The lowest BCUT2D eigenvalue weighted by atomic mass is 10.2. The second kappa shape index (κ2) is 9.23. The van der Waals surface area contributed by atoms with Crippen LogP contribution in [0.2, 0.25) is 0 Å². The molecule has 6 N–H and O–H groups in total. The molecule has 0 aliphatic carbocycles. The van der Waals surface area contributed by atoms with Crippen molar-refractivity contribution < 1.29 is 24.6 Å². The van der Waals surface area contributed by atoms with Crippen molar-refractivity contribution in [3.8, 4) is 0 Å². The maximum atomic E-state index is 11.1. The molecule has 0 aliphatic heterocycles. The molecular weight excluding hydrogens is 242 g/mol. The molecule has 0 aromatic carbocycles. The Hall–Kier alpha value is -1.83. The smallest absolute Gasteiger partial charge is 0.332 e. The van der Waals surface area contributed by atoms with Crippen molar-refractivity contribution in [2.45, 2.75) is 31.8 Å². The summed E-state index contributed by atoms with van der Waals surface area (Å²) >= 11 is 0. The molecule has 0 bridgehead atoms. The number of primary amides is 1. The number of carboxylic acid groups (broad SMARTS) is 1. The van der Waals surface area contributed by atoms with E-state index >= 15 is 0 Å². The summed E-state index contributed by atoms with van der Waals surface area (Å²) in [5, 5.41) is 22.2. The minimum atomic E-state index is -1.47. The number of urea groups is 1. The first-order chi connectivity index (χ1) is 8.43. The van der Waals surface area contributed by atoms with E-state index in [9.17, 15) is 14.4 Å². The summed E-state index contributed by atoms with van der Waals surface area (Å²) in [6, 6.07) is -0.438. The molecule has 104 valence electrons. The van der Waals surface area contributed by atoms with Crippen LogP contribution in [0.25, 0.3) is 0 Å². The molecule has 0 unspecified atom stereocenters. The highest BCUT2D eigenvalue weighted by molar-refractivity contribution is 5.74. The zero-order chi connectivity index (χ0) is 14.0. The van der Waals surface area contributed by atoms with Crippen molar-refractivity contribution in [2.24, 2.45) is 5.73 Å². The molecule has 0 aromatic rings. The fourth-order valence-corrected chi connectivity index (χ4v) is 1.13. The summed E-state index contributed by atoms with van der Waals surface area (Å²) in [5.41, 5.74) is 4.94. The third kappa shape index (κ3) is 9.40. The van der Waals surface area contributed by atoms with Gasteiger partial charge in [0.2, 0.25) is 5.91 Å². The number of carbonyl (C=O) groups is 3. The van der Waals surface area contributed by atoms with Gasteiger partial charge in [0.15, 0.2) is 6.10 Å². The quantitative estimate of drug-likeness (QED) is 0.331. The second-order valence-electron chi connectivity index (χ2n) is 3.75.